The Morgan fingerprint density at radius 2 is 1.75 bits per heavy atom. The van der Waals surface area contributed by atoms with Gasteiger partial charge in [0.05, 0.1) is 22.5 Å². The number of aliphatic hydroxyl groups is 1. The van der Waals surface area contributed by atoms with Gasteiger partial charge < -0.3 is 25.0 Å². The molecule has 0 spiro atoms. The van der Waals surface area contributed by atoms with Crippen LogP contribution in [-0.4, -0.2) is 50.9 Å². The molecular formula is C25H27Cl2NO7S. The molecule has 3 rings (SSSR count). The van der Waals surface area contributed by atoms with Crippen LogP contribution in [0.25, 0.3) is 0 Å². The molecule has 3 N–H and O–H groups in total. The highest BCUT2D eigenvalue weighted by Crippen LogP contribution is 2.27. The average molecular weight is 556 g/mol. The molecule has 0 aliphatic heterocycles. The van der Waals surface area contributed by atoms with Gasteiger partial charge in [-0.25, -0.2) is 13.2 Å². The fourth-order valence-electron chi connectivity index (χ4n) is 3.22. The minimum absolute atomic E-state index is 0. The van der Waals surface area contributed by atoms with Crippen LogP contribution in [0.2, 0.25) is 5.02 Å². The molecule has 194 valence electrons. The Morgan fingerprint density at radius 1 is 1.06 bits per heavy atom. The summed E-state index contributed by atoms with van der Waals surface area (Å²) in [6, 6.07) is 16.3. The highest BCUT2D eigenvalue weighted by atomic mass is 35.5. The number of benzene rings is 3. The maximum Gasteiger partial charge on any atom is 0.341 e. The largest absolute Gasteiger partial charge is 0.507 e. The number of hydrogen-bond acceptors (Lipinski definition) is 8. The Hall–Kier alpha value is -2.82. The summed E-state index contributed by atoms with van der Waals surface area (Å²) in [5.74, 6) is -0.696. The zero-order valence-electron chi connectivity index (χ0n) is 19.4. The predicted octanol–water partition coefficient (Wildman–Crippen LogP) is 4.18. The average Bonchev–Trinajstić information content (AvgIpc) is 2.84. The van der Waals surface area contributed by atoms with Crippen molar-refractivity contribution >= 4 is 39.8 Å². The Morgan fingerprint density at radius 3 is 2.42 bits per heavy atom. The summed E-state index contributed by atoms with van der Waals surface area (Å²) in [6.07, 6.45) is -0.706. The summed E-state index contributed by atoms with van der Waals surface area (Å²) in [6.45, 7) is 2.78. The number of aromatic hydroxyl groups is 1. The number of carbonyl (C=O) groups excluding carboxylic acids is 1. The van der Waals surface area contributed by atoms with Gasteiger partial charge in [0, 0.05) is 18.1 Å². The van der Waals surface area contributed by atoms with Gasteiger partial charge in [0.25, 0.3) is 0 Å². The van der Waals surface area contributed by atoms with E-state index in [-0.39, 0.29) is 40.1 Å². The van der Waals surface area contributed by atoms with Gasteiger partial charge in [0.1, 0.15) is 23.7 Å². The lowest BCUT2D eigenvalue weighted by Gasteiger charge is -2.13. The SMILES string of the molecule is CCOC(=O)c1cc(S(=O)(=O)c2ccc(OCCNC[C@@H](O)c3cccc(Cl)c3)cc2)ccc1O.Cl. The number of ether oxygens (including phenoxy) is 2. The Kier molecular flexibility index (Phi) is 11.0. The van der Waals surface area contributed by atoms with Crippen molar-refractivity contribution in [3.8, 4) is 11.5 Å². The standard InChI is InChI=1S/C25H26ClNO7S.ClH/c1-2-33-25(30)22-15-21(10-11-23(22)28)35(31,32)20-8-6-19(7-9-20)34-13-12-27-16-24(29)17-4-3-5-18(26)14-17;/h3-11,14-15,24,27-29H,2,12-13,16H2,1H3;1H/t24-;/m1./s1. The van der Waals surface area contributed by atoms with E-state index in [1.54, 1.807) is 31.2 Å². The van der Waals surface area contributed by atoms with Crippen LogP contribution >= 0.6 is 24.0 Å². The van der Waals surface area contributed by atoms with Crippen LogP contribution in [0.15, 0.2) is 76.5 Å². The second-order valence-electron chi connectivity index (χ2n) is 7.50. The van der Waals surface area contributed by atoms with Gasteiger partial charge in [-0.05, 0) is 67.1 Å². The normalized spacial score (nSPS) is 11.9. The third-order valence-electron chi connectivity index (χ3n) is 5.03. The van der Waals surface area contributed by atoms with Gasteiger partial charge in [0.2, 0.25) is 9.84 Å². The lowest BCUT2D eigenvalue weighted by atomic mass is 10.1. The van der Waals surface area contributed by atoms with E-state index < -0.39 is 21.9 Å². The van der Waals surface area contributed by atoms with E-state index in [9.17, 15) is 23.4 Å². The fraction of sp³-hybridized carbons (Fsp3) is 0.240. The van der Waals surface area contributed by atoms with E-state index in [4.69, 9.17) is 21.1 Å². The molecule has 0 amide bonds. The summed E-state index contributed by atoms with van der Waals surface area (Å²) < 4.78 is 36.4. The number of phenols is 1. The maximum atomic E-state index is 13.0. The predicted molar refractivity (Wildman–Crippen MR) is 138 cm³/mol. The first-order valence-corrected chi connectivity index (χ1v) is 12.7. The molecule has 3 aromatic carbocycles. The Balaban J connectivity index is 0.00000456. The summed E-state index contributed by atoms with van der Waals surface area (Å²) in [5.41, 5.74) is 0.492. The maximum absolute atomic E-state index is 13.0. The first-order chi connectivity index (χ1) is 16.7. The molecule has 0 aliphatic carbocycles. The minimum atomic E-state index is -3.94. The van der Waals surface area contributed by atoms with Crippen LogP contribution in [0.3, 0.4) is 0 Å². The lowest BCUT2D eigenvalue weighted by Crippen LogP contribution is -2.26. The van der Waals surface area contributed by atoms with E-state index in [0.29, 0.717) is 36.0 Å². The van der Waals surface area contributed by atoms with Crippen molar-refractivity contribution in [1.82, 2.24) is 5.32 Å². The molecule has 0 saturated carbocycles. The Labute approximate surface area is 221 Å². The van der Waals surface area contributed by atoms with E-state index in [1.807, 2.05) is 0 Å². The quantitative estimate of drug-likeness (QED) is 0.238. The van der Waals surface area contributed by atoms with Crippen LogP contribution < -0.4 is 10.1 Å². The summed E-state index contributed by atoms with van der Waals surface area (Å²) in [5, 5.41) is 23.7. The van der Waals surface area contributed by atoms with E-state index in [0.717, 1.165) is 12.1 Å². The Bertz CT molecular complexity index is 1270. The third-order valence-corrected chi connectivity index (χ3v) is 7.03. The van der Waals surface area contributed by atoms with Crippen molar-refractivity contribution < 1.29 is 32.9 Å². The van der Waals surface area contributed by atoms with Crippen molar-refractivity contribution in [1.29, 1.82) is 0 Å². The lowest BCUT2D eigenvalue weighted by molar-refractivity contribution is 0.0522. The monoisotopic (exact) mass is 555 g/mol. The second kappa shape index (κ2) is 13.5. The molecule has 0 bridgehead atoms. The number of hydrogen-bond donors (Lipinski definition) is 3. The number of halogens is 2. The molecular weight excluding hydrogens is 529 g/mol. The molecule has 0 fully saturated rings. The van der Waals surface area contributed by atoms with Gasteiger partial charge in [0.15, 0.2) is 0 Å². The molecule has 3 aromatic rings. The van der Waals surface area contributed by atoms with E-state index in [1.165, 1.54) is 30.3 Å². The number of phenolic OH excluding ortho intramolecular Hbond substituents is 1. The summed E-state index contributed by atoms with van der Waals surface area (Å²) in [4.78, 5) is 11.8. The first kappa shape index (κ1) is 29.4. The molecule has 0 radical (unpaired) electrons. The van der Waals surface area contributed by atoms with Crippen LogP contribution in [0.5, 0.6) is 11.5 Å². The number of carbonyl (C=O) groups is 1. The van der Waals surface area contributed by atoms with Crippen LogP contribution in [0.1, 0.15) is 28.9 Å². The number of sulfone groups is 1. The molecule has 1 atom stereocenters. The zero-order valence-corrected chi connectivity index (χ0v) is 21.8. The smallest absolute Gasteiger partial charge is 0.341 e. The number of esters is 1. The number of rotatable bonds is 11. The summed E-state index contributed by atoms with van der Waals surface area (Å²) >= 11 is 5.93. The number of aliphatic hydroxyl groups excluding tert-OH is 1. The van der Waals surface area contributed by atoms with Crippen LogP contribution in [0.4, 0.5) is 0 Å². The molecule has 0 unspecified atom stereocenters. The molecule has 11 heteroatoms. The first-order valence-electron chi connectivity index (χ1n) is 10.8. The van der Waals surface area contributed by atoms with Gasteiger partial charge in [-0.3, -0.25) is 0 Å². The van der Waals surface area contributed by atoms with Crippen molar-refractivity contribution in [2.75, 3.05) is 26.3 Å². The van der Waals surface area contributed by atoms with Crippen molar-refractivity contribution in [3.63, 3.8) is 0 Å². The fourth-order valence-corrected chi connectivity index (χ4v) is 4.70. The van der Waals surface area contributed by atoms with E-state index >= 15 is 0 Å². The minimum Gasteiger partial charge on any atom is -0.507 e. The summed E-state index contributed by atoms with van der Waals surface area (Å²) in [7, 11) is -3.94. The highest BCUT2D eigenvalue weighted by Gasteiger charge is 2.22. The van der Waals surface area contributed by atoms with Crippen molar-refractivity contribution in [2.24, 2.45) is 0 Å². The molecule has 0 saturated heterocycles. The zero-order chi connectivity index (χ0) is 25.4. The van der Waals surface area contributed by atoms with Crippen LogP contribution in [-0.2, 0) is 14.6 Å². The van der Waals surface area contributed by atoms with E-state index in [2.05, 4.69) is 5.32 Å². The van der Waals surface area contributed by atoms with Crippen molar-refractivity contribution in [3.05, 3.63) is 82.9 Å². The molecule has 0 aliphatic rings. The highest BCUT2D eigenvalue weighted by molar-refractivity contribution is 7.91. The van der Waals surface area contributed by atoms with Gasteiger partial charge in [-0.2, -0.15) is 0 Å². The van der Waals surface area contributed by atoms with Gasteiger partial charge >= 0.3 is 5.97 Å². The second-order valence-corrected chi connectivity index (χ2v) is 9.88. The van der Waals surface area contributed by atoms with Gasteiger partial charge in [-0.15, -0.1) is 12.4 Å². The van der Waals surface area contributed by atoms with Crippen LogP contribution in [0, 0.1) is 0 Å². The number of nitrogens with one attached hydrogen (secondary N) is 1. The van der Waals surface area contributed by atoms with Gasteiger partial charge in [-0.1, -0.05) is 23.7 Å². The van der Waals surface area contributed by atoms with Crippen molar-refractivity contribution in [2.45, 2.75) is 22.8 Å². The third kappa shape index (κ3) is 7.59. The molecule has 8 nitrogen and oxygen atoms in total. The molecule has 0 heterocycles. The topological polar surface area (TPSA) is 122 Å². The molecule has 0 aromatic heterocycles. The molecule has 36 heavy (non-hydrogen) atoms.